The fraction of sp³-hybridized carbons (Fsp3) is 0.0500. The smallest absolute Gasteiger partial charge is 0.387 e. The third-order valence-electron chi connectivity index (χ3n) is 3.92. The molecule has 3 N–H and O–H groups in total. The normalized spacial score (nSPS) is 11.2. The highest BCUT2D eigenvalue weighted by Crippen LogP contribution is 2.29. The number of sulfonamides is 1. The highest BCUT2D eigenvalue weighted by Gasteiger charge is 2.18. The molecule has 0 atom stereocenters. The summed E-state index contributed by atoms with van der Waals surface area (Å²) < 4.78 is 56.6. The molecule has 0 fully saturated rings. The highest BCUT2D eigenvalue weighted by molar-refractivity contribution is 7.92. The van der Waals surface area contributed by atoms with Crippen molar-refractivity contribution in [2.24, 2.45) is 0 Å². The molecule has 0 bridgehead atoms. The molecular formula is C20H15ClF2N2O5S. The van der Waals surface area contributed by atoms with Crippen molar-refractivity contribution in [3.05, 3.63) is 77.3 Å². The molecule has 11 heteroatoms. The second kappa shape index (κ2) is 9.19. The van der Waals surface area contributed by atoms with E-state index in [9.17, 15) is 27.1 Å². The Morgan fingerprint density at radius 2 is 1.77 bits per heavy atom. The average Bonchev–Trinajstić information content (AvgIpc) is 2.69. The number of carbonyl (C=O) groups excluding carboxylic acids is 1. The van der Waals surface area contributed by atoms with Crippen molar-refractivity contribution in [1.29, 1.82) is 0 Å². The lowest BCUT2D eigenvalue weighted by Crippen LogP contribution is -2.15. The number of carbonyl (C=O) groups is 1. The van der Waals surface area contributed by atoms with Gasteiger partial charge in [-0.2, -0.15) is 8.78 Å². The van der Waals surface area contributed by atoms with Gasteiger partial charge in [-0.1, -0.05) is 23.7 Å². The maximum atomic E-state index is 12.6. The topological polar surface area (TPSA) is 105 Å². The van der Waals surface area contributed by atoms with Crippen LogP contribution in [0.4, 0.5) is 20.2 Å². The zero-order chi connectivity index (χ0) is 22.6. The minimum Gasteiger partial charge on any atom is -0.506 e. The van der Waals surface area contributed by atoms with E-state index in [0.717, 1.165) is 24.3 Å². The molecule has 0 unspecified atom stereocenters. The molecule has 0 aliphatic carbocycles. The van der Waals surface area contributed by atoms with Gasteiger partial charge in [0.15, 0.2) is 0 Å². The Kier molecular flexibility index (Phi) is 6.62. The van der Waals surface area contributed by atoms with Gasteiger partial charge in [-0.25, -0.2) is 8.42 Å². The van der Waals surface area contributed by atoms with Gasteiger partial charge in [-0.3, -0.25) is 9.52 Å². The standard InChI is InChI=1S/C20H15ClF2N2O5S/c21-13-4-2-5-14(10-13)25-31(28,29)16-7-8-18(26)17(11-16)24-19(27)12-3-1-6-15(9-12)30-20(22)23/h1-11,20,25-26H,(H,24,27). The van der Waals surface area contributed by atoms with E-state index >= 15 is 0 Å². The van der Waals surface area contributed by atoms with Crippen LogP contribution in [0.3, 0.4) is 0 Å². The predicted octanol–water partition coefficient (Wildman–Crippen LogP) is 4.70. The van der Waals surface area contributed by atoms with Gasteiger partial charge in [0.05, 0.1) is 16.3 Å². The van der Waals surface area contributed by atoms with Crippen LogP contribution < -0.4 is 14.8 Å². The van der Waals surface area contributed by atoms with Crippen LogP contribution in [0.2, 0.25) is 5.02 Å². The van der Waals surface area contributed by atoms with Gasteiger partial charge in [0.1, 0.15) is 11.5 Å². The summed E-state index contributed by atoms with van der Waals surface area (Å²) in [7, 11) is -4.06. The number of amides is 1. The lowest BCUT2D eigenvalue weighted by Gasteiger charge is -2.12. The van der Waals surface area contributed by atoms with Crippen molar-refractivity contribution in [1.82, 2.24) is 0 Å². The average molecular weight is 469 g/mol. The van der Waals surface area contributed by atoms with Crippen LogP contribution in [0.5, 0.6) is 11.5 Å². The molecule has 0 spiro atoms. The number of hydrogen-bond acceptors (Lipinski definition) is 5. The molecular weight excluding hydrogens is 454 g/mol. The molecule has 0 aliphatic rings. The van der Waals surface area contributed by atoms with Gasteiger partial charge in [0.2, 0.25) is 0 Å². The SMILES string of the molecule is O=C(Nc1cc(S(=O)(=O)Nc2cccc(Cl)c2)ccc1O)c1cccc(OC(F)F)c1. The van der Waals surface area contributed by atoms with Crippen molar-refractivity contribution < 1.29 is 31.8 Å². The first-order valence-corrected chi connectivity index (χ1v) is 10.5. The number of halogens is 3. The lowest BCUT2D eigenvalue weighted by atomic mass is 10.2. The molecule has 0 saturated heterocycles. The van der Waals surface area contributed by atoms with Gasteiger partial charge in [-0.05, 0) is 54.6 Å². The fourth-order valence-corrected chi connectivity index (χ4v) is 3.82. The number of phenolic OH excluding ortho intramolecular Hbond substituents is 1. The van der Waals surface area contributed by atoms with Crippen LogP contribution in [0.25, 0.3) is 0 Å². The van der Waals surface area contributed by atoms with Crippen LogP contribution in [-0.4, -0.2) is 26.0 Å². The van der Waals surface area contributed by atoms with Crippen LogP contribution in [-0.2, 0) is 10.0 Å². The molecule has 3 aromatic carbocycles. The molecule has 7 nitrogen and oxygen atoms in total. The molecule has 31 heavy (non-hydrogen) atoms. The zero-order valence-corrected chi connectivity index (χ0v) is 17.1. The highest BCUT2D eigenvalue weighted by atomic mass is 35.5. The number of rotatable bonds is 7. The Morgan fingerprint density at radius 3 is 2.48 bits per heavy atom. The molecule has 162 valence electrons. The number of phenols is 1. The third-order valence-corrected chi connectivity index (χ3v) is 5.54. The summed E-state index contributed by atoms with van der Waals surface area (Å²) in [5, 5.41) is 12.7. The molecule has 3 aromatic rings. The molecule has 0 radical (unpaired) electrons. The zero-order valence-electron chi connectivity index (χ0n) is 15.6. The van der Waals surface area contributed by atoms with Crippen molar-refractivity contribution in [2.75, 3.05) is 10.0 Å². The first kappa shape index (κ1) is 22.3. The van der Waals surface area contributed by atoms with E-state index in [0.29, 0.717) is 5.02 Å². The van der Waals surface area contributed by atoms with E-state index in [4.69, 9.17) is 11.6 Å². The summed E-state index contributed by atoms with van der Waals surface area (Å²) in [5.74, 6) is -1.39. The maximum absolute atomic E-state index is 12.6. The number of alkyl halides is 2. The number of hydrogen-bond donors (Lipinski definition) is 3. The van der Waals surface area contributed by atoms with E-state index < -0.39 is 28.3 Å². The van der Waals surface area contributed by atoms with Crippen LogP contribution in [0.15, 0.2) is 71.6 Å². The summed E-state index contributed by atoms with van der Waals surface area (Å²) in [6.07, 6.45) is 0. The molecule has 0 saturated carbocycles. The Bertz CT molecular complexity index is 1220. The van der Waals surface area contributed by atoms with Crippen molar-refractivity contribution in [3.63, 3.8) is 0 Å². The van der Waals surface area contributed by atoms with Gasteiger partial charge >= 0.3 is 6.61 Å². The molecule has 0 aliphatic heterocycles. The van der Waals surface area contributed by atoms with Gasteiger partial charge in [-0.15, -0.1) is 0 Å². The number of anilines is 2. The van der Waals surface area contributed by atoms with Gasteiger partial charge in [0.25, 0.3) is 15.9 Å². The minimum atomic E-state index is -4.06. The van der Waals surface area contributed by atoms with E-state index in [1.165, 1.54) is 30.3 Å². The summed E-state index contributed by atoms with van der Waals surface area (Å²) in [4.78, 5) is 12.2. The van der Waals surface area contributed by atoms with Crippen molar-refractivity contribution in [2.45, 2.75) is 11.5 Å². The van der Waals surface area contributed by atoms with E-state index in [1.807, 2.05) is 0 Å². The predicted molar refractivity (Wildman–Crippen MR) is 111 cm³/mol. The summed E-state index contributed by atoms with van der Waals surface area (Å²) >= 11 is 5.85. The maximum Gasteiger partial charge on any atom is 0.387 e. The van der Waals surface area contributed by atoms with Crippen molar-refractivity contribution in [3.8, 4) is 11.5 Å². The largest absolute Gasteiger partial charge is 0.506 e. The number of ether oxygens (including phenoxy) is 1. The Morgan fingerprint density at radius 1 is 1.03 bits per heavy atom. The summed E-state index contributed by atoms with van der Waals surface area (Å²) in [5.41, 5.74) is -0.0102. The first-order valence-electron chi connectivity index (χ1n) is 8.62. The Balaban J connectivity index is 1.83. The van der Waals surface area contributed by atoms with Crippen LogP contribution in [0, 0.1) is 0 Å². The quantitative estimate of drug-likeness (QED) is 0.436. The lowest BCUT2D eigenvalue weighted by molar-refractivity contribution is -0.0498. The summed E-state index contributed by atoms with van der Waals surface area (Å²) in [6, 6.07) is 14.4. The Labute approximate surface area is 181 Å². The number of benzene rings is 3. The van der Waals surface area contributed by atoms with E-state index in [2.05, 4.69) is 14.8 Å². The minimum absolute atomic E-state index is 0.0390. The van der Waals surface area contributed by atoms with E-state index in [1.54, 1.807) is 12.1 Å². The summed E-state index contributed by atoms with van der Waals surface area (Å²) in [6.45, 7) is -3.06. The molecule has 0 aromatic heterocycles. The van der Waals surface area contributed by atoms with Crippen LogP contribution >= 0.6 is 11.6 Å². The Hall–Kier alpha value is -3.37. The van der Waals surface area contributed by atoms with Crippen LogP contribution in [0.1, 0.15) is 10.4 Å². The number of nitrogens with one attached hydrogen (secondary N) is 2. The third kappa shape index (κ3) is 5.83. The second-order valence-electron chi connectivity index (χ2n) is 6.16. The van der Waals surface area contributed by atoms with Crippen molar-refractivity contribution >= 4 is 38.9 Å². The fourth-order valence-electron chi connectivity index (χ4n) is 2.56. The van der Waals surface area contributed by atoms with Gasteiger partial charge < -0.3 is 15.2 Å². The van der Waals surface area contributed by atoms with Gasteiger partial charge in [0, 0.05) is 10.6 Å². The first-order chi connectivity index (χ1) is 14.6. The molecule has 0 heterocycles. The molecule has 3 rings (SSSR count). The second-order valence-corrected chi connectivity index (χ2v) is 8.27. The number of aromatic hydroxyl groups is 1. The van der Waals surface area contributed by atoms with E-state index in [-0.39, 0.29) is 27.6 Å². The monoisotopic (exact) mass is 468 g/mol. The molecule has 1 amide bonds.